The van der Waals surface area contributed by atoms with Crippen LogP contribution in [-0.2, 0) is 27.4 Å². The Labute approximate surface area is 186 Å². The number of alkyl carbamates (subject to hydrolysis) is 1. The summed E-state index contributed by atoms with van der Waals surface area (Å²) in [5, 5.41) is 5.06. The first-order valence-corrected chi connectivity index (χ1v) is 11.2. The molecule has 1 atom stereocenters. The summed E-state index contributed by atoms with van der Waals surface area (Å²) in [5.74, 6) is -0.952. The second kappa shape index (κ2) is 7.88. The number of hydrogen-bond donors (Lipinski definition) is 2. The van der Waals surface area contributed by atoms with Gasteiger partial charge in [0.2, 0.25) is 11.8 Å². The second-order valence-corrected chi connectivity index (χ2v) is 9.77. The van der Waals surface area contributed by atoms with Gasteiger partial charge in [0.15, 0.2) is 0 Å². The molecule has 1 aromatic carbocycles. The molecular formula is C23H28N4O5. The number of carbonyl (C=O) groups is 4. The van der Waals surface area contributed by atoms with Gasteiger partial charge in [-0.3, -0.25) is 24.6 Å². The Kier molecular flexibility index (Phi) is 5.16. The topological polar surface area (TPSA) is 108 Å². The third-order valence-corrected chi connectivity index (χ3v) is 6.81. The van der Waals surface area contributed by atoms with E-state index in [1.165, 1.54) is 17.7 Å². The number of piperidine rings is 1. The molecule has 32 heavy (non-hydrogen) atoms. The van der Waals surface area contributed by atoms with Crippen molar-refractivity contribution in [3.8, 4) is 0 Å². The summed E-state index contributed by atoms with van der Waals surface area (Å²) in [6, 6.07) is 5.58. The van der Waals surface area contributed by atoms with Crippen molar-refractivity contribution in [3.63, 3.8) is 0 Å². The van der Waals surface area contributed by atoms with Crippen LogP contribution in [0.2, 0.25) is 0 Å². The first-order valence-electron chi connectivity index (χ1n) is 11.2. The van der Waals surface area contributed by atoms with E-state index in [-0.39, 0.29) is 30.2 Å². The molecule has 1 saturated carbocycles. The first kappa shape index (κ1) is 20.9. The van der Waals surface area contributed by atoms with Crippen LogP contribution >= 0.6 is 0 Å². The molecule has 4 aliphatic rings. The number of likely N-dealkylation sites (tertiary alicyclic amines) is 1. The number of rotatable bonds is 6. The molecule has 5 rings (SSSR count). The van der Waals surface area contributed by atoms with Crippen LogP contribution in [0.3, 0.4) is 0 Å². The monoisotopic (exact) mass is 440 g/mol. The Morgan fingerprint density at radius 3 is 2.72 bits per heavy atom. The van der Waals surface area contributed by atoms with Gasteiger partial charge in [0.05, 0.1) is 0 Å². The van der Waals surface area contributed by atoms with Gasteiger partial charge in [0.1, 0.15) is 12.6 Å². The lowest BCUT2D eigenvalue weighted by molar-refractivity contribution is -0.136. The molecule has 3 aliphatic heterocycles. The number of hydrogen-bond acceptors (Lipinski definition) is 6. The summed E-state index contributed by atoms with van der Waals surface area (Å²) < 4.78 is 5.43. The van der Waals surface area contributed by atoms with Gasteiger partial charge in [0.25, 0.3) is 5.91 Å². The van der Waals surface area contributed by atoms with Crippen molar-refractivity contribution in [2.24, 2.45) is 5.41 Å². The van der Waals surface area contributed by atoms with Crippen molar-refractivity contribution >= 4 is 23.8 Å². The molecule has 0 spiro atoms. The van der Waals surface area contributed by atoms with Crippen LogP contribution in [0.1, 0.15) is 54.1 Å². The van der Waals surface area contributed by atoms with Crippen molar-refractivity contribution in [1.82, 2.24) is 20.4 Å². The van der Waals surface area contributed by atoms with E-state index in [2.05, 4.69) is 22.5 Å². The van der Waals surface area contributed by atoms with Crippen LogP contribution in [0.15, 0.2) is 18.2 Å². The fourth-order valence-electron chi connectivity index (χ4n) is 4.90. The minimum atomic E-state index is -0.632. The van der Waals surface area contributed by atoms with Crippen molar-refractivity contribution < 1.29 is 23.9 Å². The van der Waals surface area contributed by atoms with Gasteiger partial charge in [-0.1, -0.05) is 19.1 Å². The maximum atomic E-state index is 12.9. The highest BCUT2D eigenvalue weighted by Crippen LogP contribution is 2.39. The van der Waals surface area contributed by atoms with Crippen molar-refractivity contribution in [2.45, 2.75) is 57.8 Å². The standard InChI is InChI=1S/C23H28N4O5/c1-23(11-26(12-23)16-4-5-16)13-32-22(31)24-9-14-2-3-15-10-27(21(30)17(15)8-14)18-6-7-19(28)25-20(18)29/h2-3,8,16,18H,4-7,9-13H2,1H3,(H,24,31)(H,25,28,29). The molecule has 1 aromatic rings. The first-order chi connectivity index (χ1) is 15.3. The Morgan fingerprint density at radius 1 is 1.22 bits per heavy atom. The molecule has 0 radical (unpaired) electrons. The normalized spacial score (nSPS) is 24.6. The third kappa shape index (κ3) is 4.09. The van der Waals surface area contributed by atoms with Gasteiger partial charge in [-0.2, -0.15) is 0 Å². The summed E-state index contributed by atoms with van der Waals surface area (Å²) in [6.07, 6.45) is 2.67. The number of ether oxygens (including phenoxy) is 1. The molecule has 9 heteroatoms. The largest absolute Gasteiger partial charge is 0.449 e. The van der Waals surface area contributed by atoms with Crippen LogP contribution in [-0.4, -0.2) is 65.4 Å². The van der Waals surface area contributed by atoms with E-state index in [1.54, 1.807) is 6.07 Å². The molecule has 9 nitrogen and oxygen atoms in total. The lowest BCUT2D eigenvalue weighted by Gasteiger charge is -2.47. The Balaban J connectivity index is 1.12. The molecule has 2 saturated heterocycles. The van der Waals surface area contributed by atoms with Crippen molar-refractivity contribution in [1.29, 1.82) is 0 Å². The fraction of sp³-hybridized carbons (Fsp3) is 0.565. The van der Waals surface area contributed by atoms with E-state index in [9.17, 15) is 19.2 Å². The smallest absolute Gasteiger partial charge is 0.407 e. The molecule has 4 amide bonds. The second-order valence-electron chi connectivity index (χ2n) is 9.77. The minimum absolute atomic E-state index is 0.0272. The Hall–Kier alpha value is -2.94. The van der Waals surface area contributed by atoms with Crippen molar-refractivity contribution in [3.05, 3.63) is 34.9 Å². The van der Waals surface area contributed by atoms with E-state index < -0.39 is 18.0 Å². The van der Waals surface area contributed by atoms with E-state index >= 15 is 0 Å². The molecule has 0 bridgehead atoms. The minimum Gasteiger partial charge on any atom is -0.449 e. The molecule has 1 unspecified atom stereocenters. The Morgan fingerprint density at radius 2 is 2.00 bits per heavy atom. The summed E-state index contributed by atoms with van der Waals surface area (Å²) in [6.45, 7) is 5.07. The molecule has 0 aromatic heterocycles. The number of benzene rings is 1. The lowest BCUT2D eigenvalue weighted by Crippen LogP contribution is -2.58. The Bertz CT molecular complexity index is 983. The van der Waals surface area contributed by atoms with E-state index in [4.69, 9.17) is 4.74 Å². The molecule has 3 heterocycles. The van der Waals surface area contributed by atoms with Gasteiger partial charge >= 0.3 is 6.09 Å². The average molecular weight is 441 g/mol. The molecule has 3 fully saturated rings. The van der Waals surface area contributed by atoms with E-state index in [0.717, 1.165) is 30.3 Å². The number of nitrogens with zero attached hydrogens (tertiary/aromatic N) is 2. The van der Waals surface area contributed by atoms with Gasteiger partial charge in [-0.15, -0.1) is 0 Å². The summed E-state index contributed by atoms with van der Waals surface area (Å²) in [7, 11) is 0. The van der Waals surface area contributed by atoms with Crippen molar-refractivity contribution in [2.75, 3.05) is 19.7 Å². The third-order valence-electron chi connectivity index (χ3n) is 6.81. The molecule has 2 N–H and O–H groups in total. The lowest BCUT2D eigenvalue weighted by atomic mass is 9.83. The zero-order chi connectivity index (χ0) is 22.5. The van der Waals surface area contributed by atoms with Gasteiger partial charge in [0, 0.05) is 49.6 Å². The number of carbonyl (C=O) groups excluding carboxylic acids is 4. The van der Waals surface area contributed by atoms with Crippen LogP contribution in [0.4, 0.5) is 4.79 Å². The SMILES string of the molecule is CC1(COC(=O)NCc2ccc3c(c2)C(=O)N(C2CCC(=O)NC2=O)C3)CN(C2CC2)C1. The zero-order valence-corrected chi connectivity index (χ0v) is 18.2. The maximum Gasteiger partial charge on any atom is 0.407 e. The molecule has 1 aliphatic carbocycles. The zero-order valence-electron chi connectivity index (χ0n) is 18.2. The van der Waals surface area contributed by atoms with Crippen LogP contribution in [0, 0.1) is 5.41 Å². The summed E-state index contributed by atoms with van der Waals surface area (Å²) in [5.41, 5.74) is 2.18. The maximum absolute atomic E-state index is 12.9. The van der Waals surface area contributed by atoms with Crippen LogP contribution in [0.25, 0.3) is 0 Å². The number of nitrogens with one attached hydrogen (secondary N) is 2. The predicted molar refractivity (Wildman–Crippen MR) is 113 cm³/mol. The summed E-state index contributed by atoms with van der Waals surface area (Å²) in [4.78, 5) is 52.6. The van der Waals surface area contributed by atoms with Crippen LogP contribution < -0.4 is 10.6 Å². The highest BCUT2D eigenvalue weighted by molar-refractivity contribution is 6.05. The predicted octanol–water partition coefficient (Wildman–Crippen LogP) is 1.16. The molecule has 170 valence electrons. The van der Waals surface area contributed by atoms with Gasteiger partial charge < -0.3 is 15.0 Å². The quantitative estimate of drug-likeness (QED) is 0.643. The van der Waals surface area contributed by atoms with Gasteiger partial charge in [-0.25, -0.2) is 4.79 Å². The number of fused-ring (bicyclic) bond motifs is 1. The molecular weight excluding hydrogens is 412 g/mol. The number of imide groups is 1. The highest BCUT2D eigenvalue weighted by atomic mass is 16.5. The van der Waals surface area contributed by atoms with E-state index in [0.29, 0.717) is 25.1 Å². The fourth-order valence-corrected chi connectivity index (χ4v) is 4.90. The number of amides is 4. The van der Waals surface area contributed by atoms with Crippen LogP contribution in [0.5, 0.6) is 0 Å². The average Bonchev–Trinajstić information content (AvgIpc) is 3.53. The van der Waals surface area contributed by atoms with E-state index in [1.807, 2.05) is 12.1 Å². The highest BCUT2D eigenvalue weighted by Gasteiger charge is 2.46. The summed E-state index contributed by atoms with van der Waals surface area (Å²) >= 11 is 0. The van der Waals surface area contributed by atoms with Gasteiger partial charge in [-0.05, 0) is 36.5 Å².